The van der Waals surface area contributed by atoms with Crippen molar-refractivity contribution in [3.8, 4) is 0 Å². The van der Waals surface area contributed by atoms with Gasteiger partial charge in [-0.05, 0) is 12.5 Å². The molecule has 0 fully saturated rings. The first-order valence-electron chi connectivity index (χ1n) is 3.57. The second-order valence-electron chi connectivity index (χ2n) is 1.86. The molecule has 0 aliphatic rings. The molecule has 0 amide bonds. The van der Waals surface area contributed by atoms with Gasteiger partial charge in [0, 0.05) is 10.8 Å². The van der Waals surface area contributed by atoms with E-state index in [4.69, 9.17) is 5.21 Å². The third-order valence-electron chi connectivity index (χ3n) is 1.10. The molecule has 11 heavy (non-hydrogen) atoms. The van der Waals surface area contributed by atoms with Crippen molar-refractivity contribution < 1.29 is 14.3 Å². The number of pyridine rings is 1. The van der Waals surface area contributed by atoms with E-state index in [0.717, 1.165) is 6.20 Å². The summed E-state index contributed by atoms with van der Waals surface area (Å²) in [6.45, 7) is 5.63. The van der Waals surface area contributed by atoms with E-state index in [1.165, 1.54) is 12.3 Å². The van der Waals surface area contributed by atoms with E-state index < -0.39 is 5.82 Å². The third-order valence-corrected chi connectivity index (χ3v) is 1.10. The Balaban J connectivity index is 0.000000461. The number of rotatable bonds is 0. The van der Waals surface area contributed by atoms with Gasteiger partial charge in [-0.3, -0.25) is 5.21 Å². The molecule has 0 radical (unpaired) electrons. The molecule has 0 aromatic carbocycles. The molecule has 0 unspecified atom stereocenters. The first-order valence-corrected chi connectivity index (χ1v) is 3.57. The molecule has 0 saturated heterocycles. The van der Waals surface area contributed by atoms with Crippen LogP contribution in [0, 0.1) is 12.7 Å². The maximum Gasteiger partial charge on any atom is 0.258 e. The van der Waals surface area contributed by atoms with Crippen LogP contribution in [0.5, 0.6) is 0 Å². The van der Waals surface area contributed by atoms with Crippen LogP contribution in [-0.2, 0) is 0 Å². The Kier molecular flexibility index (Phi) is 4.18. The minimum absolute atomic E-state index is 0.403. The van der Waals surface area contributed by atoms with Gasteiger partial charge in [-0.2, -0.15) is 4.39 Å². The Hall–Kier alpha value is -1.12. The summed E-state index contributed by atoms with van der Waals surface area (Å²) in [5.41, 5.74) is 0.528. The minimum atomic E-state index is -0.403. The number of aromatic nitrogens is 1. The first kappa shape index (κ1) is 9.88. The summed E-state index contributed by atoms with van der Waals surface area (Å²) in [5, 5.41) is 8.61. The highest BCUT2D eigenvalue weighted by atomic mass is 19.1. The summed E-state index contributed by atoms with van der Waals surface area (Å²) in [6.07, 6.45) is 2.38. The van der Waals surface area contributed by atoms with Crippen molar-refractivity contribution in [1.29, 1.82) is 0 Å². The maximum absolute atomic E-state index is 12.4. The third kappa shape index (κ3) is 2.98. The molecule has 1 aromatic rings. The molecule has 62 valence electrons. The predicted molar refractivity (Wildman–Crippen MR) is 39.9 cm³/mol. The number of halogens is 1. The Morgan fingerprint density at radius 3 is 2.36 bits per heavy atom. The molecular weight excluding hydrogens is 145 g/mol. The second kappa shape index (κ2) is 4.66. The molecule has 1 heterocycles. The highest BCUT2D eigenvalue weighted by Gasteiger charge is 2.01. The Morgan fingerprint density at radius 1 is 1.45 bits per heavy atom. The van der Waals surface area contributed by atoms with Crippen LogP contribution in [0.25, 0.3) is 0 Å². The van der Waals surface area contributed by atoms with Crippen molar-refractivity contribution in [2.45, 2.75) is 20.8 Å². The molecule has 3 heteroatoms. The van der Waals surface area contributed by atoms with Crippen molar-refractivity contribution in [2.24, 2.45) is 0 Å². The number of nitrogens with zero attached hydrogens (tertiary/aromatic N) is 1. The van der Waals surface area contributed by atoms with Crippen LogP contribution in [0.3, 0.4) is 0 Å². The van der Waals surface area contributed by atoms with Gasteiger partial charge in [-0.1, -0.05) is 13.8 Å². The second-order valence-corrected chi connectivity index (χ2v) is 1.86. The topological polar surface area (TPSA) is 24.1 Å². The molecule has 0 bridgehead atoms. The summed E-state index contributed by atoms with van der Waals surface area (Å²) >= 11 is 0. The normalized spacial score (nSPS) is 8.36. The van der Waals surface area contributed by atoms with Crippen LogP contribution in [0.2, 0.25) is 0 Å². The molecular formula is C8H13FNO+. The van der Waals surface area contributed by atoms with Gasteiger partial charge in [0.05, 0.1) is 0 Å². The molecule has 0 aliphatic heterocycles. The smallest absolute Gasteiger partial charge is 0.258 e. The van der Waals surface area contributed by atoms with Crippen molar-refractivity contribution in [2.75, 3.05) is 0 Å². The van der Waals surface area contributed by atoms with Crippen molar-refractivity contribution in [3.05, 3.63) is 29.8 Å². The van der Waals surface area contributed by atoms with E-state index in [2.05, 4.69) is 0 Å². The average molecular weight is 158 g/mol. The van der Waals surface area contributed by atoms with Gasteiger partial charge in [0.15, 0.2) is 5.82 Å². The largest absolute Gasteiger partial charge is 0.285 e. The molecule has 0 saturated carbocycles. The van der Waals surface area contributed by atoms with Crippen molar-refractivity contribution in [1.82, 2.24) is 0 Å². The van der Waals surface area contributed by atoms with Gasteiger partial charge >= 0.3 is 0 Å². The summed E-state index contributed by atoms with van der Waals surface area (Å²) in [4.78, 5) is 0. The van der Waals surface area contributed by atoms with Gasteiger partial charge in [-0.15, -0.1) is 0 Å². The van der Waals surface area contributed by atoms with Crippen molar-refractivity contribution >= 4 is 0 Å². The summed E-state index contributed by atoms with van der Waals surface area (Å²) in [5.74, 6) is -0.403. The number of hydrogen-bond acceptors (Lipinski definition) is 1. The average Bonchev–Trinajstić information content (AvgIpc) is 2.02. The summed E-state index contributed by atoms with van der Waals surface area (Å²) in [6, 6.07) is 1.50. The molecule has 1 N–H and O–H groups in total. The zero-order chi connectivity index (χ0) is 8.85. The first-order chi connectivity index (χ1) is 5.20. The van der Waals surface area contributed by atoms with Gasteiger partial charge in [-0.25, -0.2) is 0 Å². The predicted octanol–water partition coefficient (Wildman–Crippen LogP) is 1.69. The lowest BCUT2D eigenvalue weighted by molar-refractivity contribution is -0.905. The fourth-order valence-electron chi connectivity index (χ4n) is 0.529. The van der Waals surface area contributed by atoms with Gasteiger partial charge in [0.25, 0.3) is 6.20 Å². The van der Waals surface area contributed by atoms with Crippen LogP contribution in [-0.4, -0.2) is 5.21 Å². The maximum atomic E-state index is 12.4. The Labute approximate surface area is 65.9 Å². The van der Waals surface area contributed by atoms with Gasteiger partial charge in [0.2, 0.25) is 6.20 Å². The monoisotopic (exact) mass is 158 g/mol. The SMILES string of the molecule is CC.Cc1cc[n+](O)cc1F. The van der Waals surface area contributed by atoms with E-state index in [0.29, 0.717) is 10.3 Å². The van der Waals surface area contributed by atoms with Gasteiger partial charge in [0.1, 0.15) is 0 Å². The van der Waals surface area contributed by atoms with E-state index >= 15 is 0 Å². The lowest BCUT2D eigenvalue weighted by atomic mass is 10.3. The minimum Gasteiger partial charge on any atom is -0.285 e. The highest BCUT2D eigenvalue weighted by Crippen LogP contribution is 1.98. The standard InChI is InChI=1S/C6H7FNO.C2H6/c1-5-2-3-8(9)4-6(5)7;1-2/h2-4,9H,1H3;1-2H3/q+1;. The Bertz CT molecular complexity index is 225. The molecule has 1 aromatic heterocycles. The van der Waals surface area contributed by atoms with Gasteiger partial charge < -0.3 is 0 Å². The number of hydrogen-bond donors (Lipinski definition) is 1. The summed E-state index contributed by atoms with van der Waals surface area (Å²) in [7, 11) is 0. The van der Waals surface area contributed by atoms with Crippen LogP contribution in [0.4, 0.5) is 4.39 Å². The molecule has 1 rings (SSSR count). The van der Waals surface area contributed by atoms with Crippen molar-refractivity contribution in [3.63, 3.8) is 0 Å². The summed E-state index contributed by atoms with van der Waals surface area (Å²) < 4.78 is 13.1. The quantitative estimate of drug-likeness (QED) is 0.451. The van der Waals surface area contributed by atoms with Crippen LogP contribution in [0.15, 0.2) is 18.5 Å². The number of aryl methyl sites for hydroxylation is 1. The zero-order valence-corrected chi connectivity index (χ0v) is 7.00. The zero-order valence-electron chi connectivity index (χ0n) is 7.00. The Morgan fingerprint density at radius 2 is 2.00 bits per heavy atom. The molecule has 2 nitrogen and oxygen atoms in total. The molecule has 0 atom stereocenters. The fourth-order valence-corrected chi connectivity index (χ4v) is 0.529. The highest BCUT2D eigenvalue weighted by molar-refractivity contribution is 5.06. The lowest BCUT2D eigenvalue weighted by Crippen LogP contribution is -2.29. The molecule has 0 spiro atoms. The van der Waals surface area contributed by atoms with Crippen LogP contribution >= 0.6 is 0 Å². The lowest BCUT2D eigenvalue weighted by Gasteiger charge is -1.87. The van der Waals surface area contributed by atoms with E-state index in [1.54, 1.807) is 6.92 Å². The van der Waals surface area contributed by atoms with E-state index in [9.17, 15) is 4.39 Å². The van der Waals surface area contributed by atoms with Crippen LogP contribution in [0.1, 0.15) is 19.4 Å². The fraction of sp³-hybridized carbons (Fsp3) is 0.375. The van der Waals surface area contributed by atoms with E-state index in [-0.39, 0.29) is 0 Å². The van der Waals surface area contributed by atoms with E-state index in [1.807, 2.05) is 13.8 Å². The van der Waals surface area contributed by atoms with Crippen LogP contribution < -0.4 is 4.73 Å². The molecule has 0 aliphatic carbocycles.